The van der Waals surface area contributed by atoms with Gasteiger partial charge in [0.25, 0.3) is 0 Å². The molecule has 0 atom stereocenters. The summed E-state index contributed by atoms with van der Waals surface area (Å²) in [5.41, 5.74) is 6.53. The molecule has 92 valence electrons. The molecule has 0 aliphatic carbocycles. The summed E-state index contributed by atoms with van der Waals surface area (Å²) in [5, 5.41) is 0. The third-order valence-electron chi connectivity index (χ3n) is 3.24. The molecule has 0 unspecified atom stereocenters. The van der Waals surface area contributed by atoms with Crippen LogP contribution in [0.5, 0.6) is 11.5 Å². The Morgan fingerprint density at radius 2 is 1.88 bits per heavy atom. The fourth-order valence-corrected chi connectivity index (χ4v) is 3.21. The molecule has 2 aliphatic rings. The van der Waals surface area contributed by atoms with Gasteiger partial charge in [-0.1, -0.05) is 0 Å². The quantitative estimate of drug-likeness (QED) is 0.866. The molecule has 0 saturated heterocycles. The van der Waals surface area contributed by atoms with Crippen LogP contribution in [0.25, 0.3) is 0 Å². The highest BCUT2D eigenvalue weighted by Gasteiger charge is 2.30. The first kappa shape index (κ1) is 11.3. The number of hydrogen-bond acceptors (Lipinski definition) is 4. The van der Waals surface area contributed by atoms with Crippen LogP contribution < -0.4 is 15.0 Å². The van der Waals surface area contributed by atoms with E-state index in [-0.39, 0.29) is 0 Å². The van der Waals surface area contributed by atoms with Gasteiger partial charge in [-0.15, -0.1) is 0 Å². The second-order valence-electron chi connectivity index (χ2n) is 4.13. The SMILES string of the molecule is CONCc1c2c(c(Br)c3c1OCC3)OCC2. The highest BCUT2D eigenvalue weighted by atomic mass is 79.9. The van der Waals surface area contributed by atoms with Gasteiger partial charge in [0.2, 0.25) is 0 Å². The molecule has 0 radical (unpaired) electrons. The standard InChI is InChI=1S/C12H14BrNO3/c1-15-14-6-9-7-2-4-17-12(7)10(13)8-3-5-16-11(8)9/h14H,2-6H2,1H3. The van der Waals surface area contributed by atoms with Gasteiger partial charge in [0.1, 0.15) is 11.5 Å². The van der Waals surface area contributed by atoms with Crippen LogP contribution in [0.1, 0.15) is 16.7 Å². The third-order valence-corrected chi connectivity index (χ3v) is 4.08. The zero-order chi connectivity index (χ0) is 11.8. The van der Waals surface area contributed by atoms with Crippen LogP contribution in [0.2, 0.25) is 0 Å². The number of nitrogens with one attached hydrogen (secondary N) is 1. The molecule has 0 aromatic heterocycles. The van der Waals surface area contributed by atoms with Crippen LogP contribution in [0, 0.1) is 0 Å². The van der Waals surface area contributed by atoms with Gasteiger partial charge in [-0.05, 0) is 15.9 Å². The van der Waals surface area contributed by atoms with Crippen LogP contribution in [0.4, 0.5) is 0 Å². The Bertz CT molecular complexity index is 427. The monoisotopic (exact) mass is 299 g/mol. The number of rotatable bonds is 3. The Kier molecular flexibility index (Phi) is 2.98. The number of fused-ring (bicyclic) bond motifs is 2. The summed E-state index contributed by atoms with van der Waals surface area (Å²) in [7, 11) is 1.62. The summed E-state index contributed by atoms with van der Waals surface area (Å²) in [4.78, 5) is 4.94. The van der Waals surface area contributed by atoms with E-state index >= 15 is 0 Å². The van der Waals surface area contributed by atoms with Gasteiger partial charge in [0.05, 0.1) is 31.3 Å². The zero-order valence-corrected chi connectivity index (χ0v) is 11.2. The third kappa shape index (κ3) is 1.73. The lowest BCUT2D eigenvalue weighted by atomic mass is 9.99. The van der Waals surface area contributed by atoms with Crippen molar-refractivity contribution in [3.05, 3.63) is 21.2 Å². The minimum Gasteiger partial charge on any atom is -0.493 e. The maximum Gasteiger partial charge on any atom is 0.137 e. The first-order valence-electron chi connectivity index (χ1n) is 5.70. The molecule has 0 amide bonds. The largest absolute Gasteiger partial charge is 0.493 e. The van der Waals surface area contributed by atoms with E-state index in [2.05, 4.69) is 21.4 Å². The van der Waals surface area contributed by atoms with E-state index in [4.69, 9.17) is 14.3 Å². The van der Waals surface area contributed by atoms with E-state index in [1.165, 1.54) is 16.7 Å². The van der Waals surface area contributed by atoms with Crippen molar-refractivity contribution in [3.8, 4) is 11.5 Å². The van der Waals surface area contributed by atoms with Gasteiger partial charge < -0.3 is 14.3 Å². The van der Waals surface area contributed by atoms with Gasteiger partial charge in [-0.25, -0.2) is 0 Å². The highest BCUT2D eigenvalue weighted by Crippen LogP contribution is 2.46. The summed E-state index contributed by atoms with van der Waals surface area (Å²) in [6.45, 7) is 2.14. The summed E-state index contributed by atoms with van der Waals surface area (Å²) >= 11 is 3.63. The normalized spacial score (nSPS) is 16.4. The second-order valence-corrected chi connectivity index (χ2v) is 4.92. The average molecular weight is 300 g/mol. The maximum absolute atomic E-state index is 5.75. The lowest BCUT2D eigenvalue weighted by molar-refractivity contribution is 0.0859. The fourth-order valence-electron chi connectivity index (χ4n) is 2.48. The average Bonchev–Trinajstić information content (AvgIpc) is 2.97. The molecule has 0 fully saturated rings. The van der Waals surface area contributed by atoms with Crippen LogP contribution >= 0.6 is 15.9 Å². The Morgan fingerprint density at radius 3 is 2.65 bits per heavy atom. The summed E-state index contributed by atoms with van der Waals surface area (Å²) in [6.07, 6.45) is 1.87. The first-order chi connectivity index (χ1) is 8.33. The Balaban J connectivity index is 2.12. The number of ether oxygens (including phenoxy) is 2. The van der Waals surface area contributed by atoms with E-state index < -0.39 is 0 Å². The second kappa shape index (κ2) is 4.48. The smallest absolute Gasteiger partial charge is 0.137 e. The predicted molar refractivity (Wildman–Crippen MR) is 66.4 cm³/mol. The van der Waals surface area contributed by atoms with Crippen molar-refractivity contribution >= 4 is 15.9 Å². The van der Waals surface area contributed by atoms with Crippen molar-refractivity contribution in [2.45, 2.75) is 19.4 Å². The predicted octanol–water partition coefficient (Wildman–Crippen LogP) is 1.97. The number of benzene rings is 1. The lowest BCUT2D eigenvalue weighted by Crippen LogP contribution is -2.13. The minimum absolute atomic E-state index is 0.651. The molecule has 0 spiro atoms. The molecule has 1 aromatic carbocycles. The van der Waals surface area contributed by atoms with Crippen molar-refractivity contribution in [3.63, 3.8) is 0 Å². The molecule has 5 heteroatoms. The van der Waals surface area contributed by atoms with Crippen molar-refractivity contribution < 1.29 is 14.3 Å². The Morgan fingerprint density at radius 1 is 1.18 bits per heavy atom. The van der Waals surface area contributed by atoms with Crippen LogP contribution in [0.3, 0.4) is 0 Å². The molecule has 17 heavy (non-hydrogen) atoms. The van der Waals surface area contributed by atoms with Crippen molar-refractivity contribution in [2.75, 3.05) is 20.3 Å². The minimum atomic E-state index is 0.651. The molecule has 1 aromatic rings. The summed E-state index contributed by atoms with van der Waals surface area (Å²) in [6, 6.07) is 0. The van der Waals surface area contributed by atoms with E-state index in [1.54, 1.807) is 7.11 Å². The number of hydroxylamine groups is 1. The Labute approximate surface area is 108 Å². The molecule has 2 aliphatic heterocycles. The molecule has 1 N–H and O–H groups in total. The van der Waals surface area contributed by atoms with Gasteiger partial charge in [0.15, 0.2) is 0 Å². The fraction of sp³-hybridized carbons (Fsp3) is 0.500. The first-order valence-corrected chi connectivity index (χ1v) is 6.49. The van der Waals surface area contributed by atoms with Crippen molar-refractivity contribution in [1.29, 1.82) is 0 Å². The molecule has 4 nitrogen and oxygen atoms in total. The van der Waals surface area contributed by atoms with Gasteiger partial charge in [-0.2, -0.15) is 5.48 Å². The zero-order valence-electron chi connectivity index (χ0n) is 9.64. The van der Waals surface area contributed by atoms with Crippen molar-refractivity contribution in [1.82, 2.24) is 5.48 Å². The molecular formula is C12H14BrNO3. The van der Waals surface area contributed by atoms with Crippen LogP contribution in [-0.4, -0.2) is 20.3 Å². The van der Waals surface area contributed by atoms with Gasteiger partial charge >= 0.3 is 0 Å². The molecule has 2 heterocycles. The van der Waals surface area contributed by atoms with Crippen LogP contribution in [-0.2, 0) is 24.2 Å². The number of hydrogen-bond donors (Lipinski definition) is 1. The van der Waals surface area contributed by atoms with Gasteiger partial charge in [-0.3, -0.25) is 0 Å². The summed E-state index contributed by atoms with van der Waals surface area (Å²) in [5.74, 6) is 1.99. The topological polar surface area (TPSA) is 39.7 Å². The molecule has 0 saturated carbocycles. The maximum atomic E-state index is 5.75. The van der Waals surface area contributed by atoms with Crippen molar-refractivity contribution in [2.24, 2.45) is 0 Å². The summed E-state index contributed by atoms with van der Waals surface area (Å²) < 4.78 is 12.5. The van der Waals surface area contributed by atoms with Gasteiger partial charge in [0, 0.05) is 29.5 Å². The van der Waals surface area contributed by atoms with E-state index in [1.807, 2.05) is 0 Å². The molecular weight excluding hydrogens is 286 g/mol. The lowest BCUT2D eigenvalue weighted by Gasteiger charge is -2.14. The molecule has 3 rings (SSSR count). The van der Waals surface area contributed by atoms with Crippen LogP contribution in [0.15, 0.2) is 4.47 Å². The van der Waals surface area contributed by atoms with E-state index in [0.717, 1.165) is 42.0 Å². The molecule has 0 bridgehead atoms. The van der Waals surface area contributed by atoms with E-state index in [0.29, 0.717) is 6.54 Å². The highest BCUT2D eigenvalue weighted by molar-refractivity contribution is 9.10. The number of halogens is 1. The Hall–Kier alpha value is -0.780. The van der Waals surface area contributed by atoms with E-state index in [9.17, 15) is 0 Å².